The van der Waals surface area contributed by atoms with Gasteiger partial charge in [0, 0.05) is 17.0 Å². The van der Waals surface area contributed by atoms with E-state index >= 15 is 0 Å². The minimum Gasteiger partial charge on any atom is -0.315 e. The quantitative estimate of drug-likeness (QED) is 0.809. The van der Waals surface area contributed by atoms with Crippen LogP contribution in [0.2, 0.25) is 0 Å². The van der Waals surface area contributed by atoms with Crippen LogP contribution in [-0.2, 0) is 6.54 Å². The zero-order valence-corrected chi connectivity index (χ0v) is 9.11. The molecule has 0 spiro atoms. The standard InChI is InChI=1S/C10H13N3S/c1-7-5-12-13-10(7)8-3-4-14-9(8)6-11-2/h3-5,11H,6H2,1-2H3,(H,12,13). The molecular weight excluding hydrogens is 194 g/mol. The van der Waals surface area contributed by atoms with Crippen molar-refractivity contribution in [3.05, 3.63) is 28.1 Å². The number of thiophene rings is 1. The number of hydrogen-bond acceptors (Lipinski definition) is 3. The molecule has 0 radical (unpaired) electrons. The van der Waals surface area contributed by atoms with Crippen molar-refractivity contribution in [1.82, 2.24) is 15.5 Å². The average molecular weight is 207 g/mol. The molecule has 0 unspecified atom stereocenters. The number of aromatic amines is 1. The zero-order valence-electron chi connectivity index (χ0n) is 8.29. The lowest BCUT2D eigenvalue weighted by Gasteiger charge is -2.01. The van der Waals surface area contributed by atoms with E-state index in [4.69, 9.17) is 0 Å². The van der Waals surface area contributed by atoms with Gasteiger partial charge in [0.1, 0.15) is 0 Å². The molecule has 2 N–H and O–H groups in total. The first kappa shape index (κ1) is 9.43. The van der Waals surface area contributed by atoms with E-state index in [0.717, 1.165) is 12.2 Å². The fraction of sp³-hybridized carbons (Fsp3) is 0.300. The number of rotatable bonds is 3. The molecule has 2 heterocycles. The molecule has 0 bridgehead atoms. The fourth-order valence-corrected chi connectivity index (χ4v) is 2.37. The van der Waals surface area contributed by atoms with Gasteiger partial charge >= 0.3 is 0 Å². The second-order valence-electron chi connectivity index (χ2n) is 3.22. The number of H-pyrrole nitrogens is 1. The largest absolute Gasteiger partial charge is 0.315 e. The summed E-state index contributed by atoms with van der Waals surface area (Å²) in [5.41, 5.74) is 3.59. The molecule has 0 saturated heterocycles. The number of nitrogens with zero attached hydrogens (tertiary/aromatic N) is 1. The van der Waals surface area contributed by atoms with E-state index in [2.05, 4.69) is 33.9 Å². The number of aromatic nitrogens is 2. The highest BCUT2D eigenvalue weighted by atomic mass is 32.1. The third-order valence-corrected chi connectivity index (χ3v) is 3.10. The molecule has 14 heavy (non-hydrogen) atoms. The van der Waals surface area contributed by atoms with Crippen molar-refractivity contribution < 1.29 is 0 Å². The minimum atomic E-state index is 0.908. The van der Waals surface area contributed by atoms with Gasteiger partial charge in [-0.3, -0.25) is 5.10 Å². The van der Waals surface area contributed by atoms with Gasteiger partial charge in [-0.15, -0.1) is 11.3 Å². The van der Waals surface area contributed by atoms with Gasteiger partial charge in [-0.05, 0) is 31.0 Å². The first-order chi connectivity index (χ1) is 6.83. The van der Waals surface area contributed by atoms with Crippen molar-refractivity contribution in [3.8, 4) is 11.3 Å². The Labute approximate surface area is 87.2 Å². The molecule has 2 rings (SSSR count). The van der Waals surface area contributed by atoms with Crippen LogP contribution in [0.1, 0.15) is 10.4 Å². The third kappa shape index (κ3) is 1.58. The number of nitrogens with one attached hydrogen (secondary N) is 2. The van der Waals surface area contributed by atoms with Crippen LogP contribution in [0.5, 0.6) is 0 Å². The van der Waals surface area contributed by atoms with Crippen LogP contribution in [-0.4, -0.2) is 17.2 Å². The summed E-state index contributed by atoms with van der Waals surface area (Å²) in [5, 5.41) is 12.4. The Morgan fingerprint density at radius 1 is 1.57 bits per heavy atom. The van der Waals surface area contributed by atoms with E-state index in [1.807, 2.05) is 13.2 Å². The lowest BCUT2D eigenvalue weighted by Crippen LogP contribution is -2.04. The maximum atomic E-state index is 4.04. The van der Waals surface area contributed by atoms with E-state index in [9.17, 15) is 0 Å². The molecule has 0 aliphatic heterocycles. The van der Waals surface area contributed by atoms with Crippen molar-refractivity contribution >= 4 is 11.3 Å². The smallest absolute Gasteiger partial charge is 0.0690 e. The molecule has 0 amide bonds. The van der Waals surface area contributed by atoms with Crippen LogP contribution in [0.4, 0.5) is 0 Å². The van der Waals surface area contributed by atoms with Crippen LogP contribution in [0, 0.1) is 6.92 Å². The second-order valence-corrected chi connectivity index (χ2v) is 4.22. The minimum absolute atomic E-state index is 0.908. The summed E-state index contributed by atoms with van der Waals surface area (Å²) in [6.07, 6.45) is 1.86. The molecule has 0 saturated carbocycles. The molecule has 0 fully saturated rings. The number of aryl methyl sites for hydroxylation is 1. The molecule has 0 aromatic carbocycles. The van der Waals surface area contributed by atoms with Gasteiger partial charge < -0.3 is 5.32 Å². The maximum Gasteiger partial charge on any atom is 0.0690 e. The highest BCUT2D eigenvalue weighted by Gasteiger charge is 2.09. The Balaban J connectivity index is 2.41. The van der Waals surface area contributed by atoms with Crippen LogP contribution in [0.25, 0.3) is 11.3 Å². The summed E-state index contributed by atoms with van der Waals surface area (Å²) in [6.45, 7) is 2.98. The summed E-state index contributed by atoms with van der Waals surface area (Å²) in [6, 6.07) is 2.14. The van der Waals surface area contributed by atoms with Crippen molar-refractivity contribution in [2.24, 2.45) is 0 Å². The van der Waals surface area contributed by atoms with Crippen molar-refractivity contribution in [1.29, 1.82) is 0 Å². The Bertz CT molecular complexity index is 416. The van der Waals surface area contributed by atoms with Gasteiger partial charge in [-0.2, -0.15) is 5.10 Å². The molecule has 4 heteroatoms. The predicted octanol–water partition coefficient (Wildman–Crippen LogP) is 2.17. The maximum absolute atomic E-state index is 4.04. The van der Waals surface area contributed by atoms with Crippen molar-refractivity contribution in [3.63, 3.8) is 0 Å². The normalized spacial score (nSPS) is 10.7. The predicted molar refractivity (Wildman–Crippen MR) is 59.4 cm³/mol. The van der Waals surface area contributed by atoms with E-state index in [1.54, 1.807) is 11.3 Å². The lowest BCUT2D eigenvalue weighted by atomic mass is 10.1. The fourth-order valence-electron chi connectivity index (χ4n) is 1.48. The zero-order chi connectivity index (χ0) is 9.97. The third-order valence-electron chi connectivity index (χ3n) is 2.18. The summed E-state index contributed by atoms with van der Waals surface area (Å²) in [7, 11) is 1.96. The van der Waals surface area contributed by atoms with Gasteiger partial charge in [0.25, 0.3) is 0 Å². The second kappa shape index (κ2) is 3.94. The van der Waals surface area contributed by atoms with Gasteiger partial charge in [0.2, 0.25) is 0 Å². The van der Waals surface area contributed by atoms with E-state index in [1.165, 1.54) is 16.0 Å². The van der Waals surface area contributed by atoms with Crippen molar-refractivity contribution in [2.45, 2.75) is 13.5 Å². The first-order valence-electron chi connectivity index (χ1n) is 4.54. The highest BCUT2D eigenvalue weighted by Crippen LogP contribution is 2.28. The van der Waals surface area contributed by atoms with E-state index in [0.29, 0.717) is 0 Å². The summed E-state index contributed by atoms with van der Waals surface area (Å²) in [5.74, 6) is 0. The molecule has 0 atom stereocenters. The highest BCUT2D eigenvalue weighted by molar-refractivity contribution is 7.10. The topological polar surface area (TPSA) is 40.7 Å². The Kier molecular flexibility index (Phi) is 2.65. The molecule has 0 aliphatic rings. The van der Waals surface area contributed by atoms with Crippen LogP contribution in [0.15, 0.2) is 17.6 Å². The SMILES string of the molecule is CNCc1sccc1-c1[nH]ncc1C. The molecule has 74 valence electrons. The molecular formula is C10H13N3S. The van der Waals surface area contributed by atoms with Crippen molar-refractivity contribution in [2.75, 3.05) is 7.05 Å². The summed E-state index contributed by atoms with van der Waals surface area (Å²) in [4.78, 5) is 1.35. The molecule has 2 aromatic heterocycles. The Morgan fingerprint density at radius 3 is 3.07 bits per heavy atom. The van der Waals surface area contributed by atoms with E-state index < -0.39 is 0 Å². The van der Waals surface area contributed by atoms with Gasteiger partial charge in [-0.25, -0.2) is 0 Å². The Morgan fingerprint density at radius 2 is 2.43 bits per heavy atom. The molecule has 0 aliphatic carbocycles. The van der Waals surface area contributed by atoms with Crippen LogP contribution < -0.4 is 5.32 Å². The Hall–Kier alpha value is -1.13. The van der Waals surface area contributed by atoms with Gasteiger partial charge in [0.05, 0.1) is 11.9 Å². The molecule has 2 aromatic rings. The summed E-state index contributed by atoms with van der Waals surface area (Å²) < 4.78 is 0. The summed E-state index contributed by atoms with van der Waals surface area (Å²) >= 11 is 1.77. The van der Waals surface area contributed by atoms with Crippen LogP contribution >= 0.6 is 11.3 Å². The van der Waals surface area contributed by atoms with Gasteiger partial charge in [0.15, 0.2) is 0 Å². The monoisotopic (exact) mass is 207 g/mol. The number of hydrogen-bond donors (Lipinski definition) is 2. The van der Waals surface area contributed by atoms with Gasteiger partial charge in [-0.1, -0.05) is 0 Å². The molecule has 3 nitrogen and oxygen atoms in total. The van der Waals surface area contributed by atoms with Crippen LogP contribution in [0.3, 0.4) is 0 Å². The van der Waals surface area contributed by atoms with E-state index in [-0.39, 0.29) is 0 Å². The lowest BCUT2D eigenvalue weighted by molar-refractivity contribution is 0.832. The average Bonchev–Trinajstić information content (AvgIpc) is 2.74. The first-order valence-corrected chi connectivity index (χ1v) is 5.42.